The minimum absolute atomic E-state index is 1.01. The summed E-state index contributed by atoms with van der Waals surface area (Å²) in [6.45, 7) is 2.02. The van der Waals surface area contributed by atoms with Gasteiger partial charge in [-0.15, -0.1) is 0 Å². The Morgan fingerprint density at radius 3 is 1.19 bits per heavy atom. The van der Waals surface area contributed by atoms with Gasteiger partial charge < -0.3 is 0 Å². The molecule has 0 atom stereocenters. The van der Waals surface area contributed by atoms with Crippen molar-refractivity contribution < 1.29 is 0 Å². The van der Waals surface area contributed by atoms with Crippen LogP contribution in [0.1, 0.15) is 57.8 Å². The van der Waals surface area contributed by atoms with Gasteiger partial charge in [0, 0.05) is 13.1 Å². The molecule has 1 aliphatic heterocycles. The monoisotopic (exact) mass is 229 g/mol. The van der Waals surface area contributed by atoms with E-state index in [-0.39, 0.29) is 0 Å². The van der Waals surface area contributed by atoms with Crippen LogP contribution in [0.3, 0.4) is 0 Å². The van der Waals surface area contributed by atoms with Gasteiger partial charge in [0.1, 0.15) is 0 Å². The molecule has 0 unspecified atom stereocenters. The molecule has 1 rings (SSSR count). The first-order valence-corrected chi connectivity index (χ1v) is 6.71. The van der Waals surface area contributed by atoms with E-state index in [9.17, 15) is 0 Å². The fraction of sp³-hybridized carbons (Fsp3) is 1.00. The van der Waals surface area contributed by atoms with Crippen LogP contribution < -0.4 is 27.5 Å². The Kier molecular flexibility index (Phi) is 9.78. The summed E-state index contributed by atoms with van der Waals surface area (Å²) in [5.74, 6) is 0. The van der Waals surface area contributed by atoms with Gasteiger partial charge >= 0.3 is 0 Å². The fourth-order valence-electron chi connectivity index (χ4n) is 1.91. The third-order valence-electron chi connectivity index (χ3n) is 2.91. The molecule has 0 spiro atoms. The summed E-state index contributed by atoms with van der Waals surface area (Å²) in [6.07, 6.45) is 12.1. The lowest BCUT2D eigenvalue weighted by molar-refractivity contribution is 0.320. The Morgan fingerprint density at radius 1 is 0.375 bits per heavy atom. The van der Waals surface area contributed by atoms with Crippen LogP contribution in [-0.2, 0) is 0 Å². The highest BCUT2D eigenvalue weighted by Gasteiger charge is 1.94. The van der Waals surface area contributed by atoms with Gasteiger partial charge in [0.15, 0.2) is 0 Å². The molecule has 0 aliphatic carbocycles. The van der Waals surface area contributed by atoms with Crippen LogP contribution in [0.25, 0.3) is 0 Å². The van der Waals surface area contributed by atoms with E-state index < -0.39 is 0 Å². The maximum Gasteiger partial charge on any atom is 0.0113 e. The van der Waals surface area contributed by atoms with Crippen LogP contribution >= 0.6 is 0 Å². The first kappa shape index (κ1) is 13.9. The van der Waals surface area contributed by atoms with Gasteiger partial charge in [-0.3, -0.25) is 0 Å². The summed E-state index contributed by atoms with van der Waals surface area (Å²) in [5, 5.41) is 0. The molecule has 0 saturated carbocycles. The maximum atomic E-state index is 3.10. The van der Waals surface area contributed by atoms with Gasteiger partial charge in [-0.05, 0) is 12.8 Å². The molecule has 0 amide bonds. The largest absolute Gasteiger partial charge is 0.243 e. The van der Waals surface area contributed by atoms with E-state index in [1.54, 1.807) is 0 Å². The number of hydrazine groups is 4. The number of hydrogen-bond acceptors (Lipinski definition) is 5. The molecule has 1 aliphatic rings. The Labute approximate surface area is 99.0 Å². The van der Waals surface area contributed by atoms with Gasteiger partial charge in [-0.25, -0.2) is 10.9 Å². The second kappa shape index (κ2) is 11.3. The maximum absolute atomic E-state index is 3.10. The van der Waals surface area contributed by atoms with E-state index in [1.807, 2.05) is 0 Å². The lowest BCUT2D eigenvalue weighted by Crippen LogP contribution is -2.55. The van der Waals surface area contributed by atoms with Crippen LogP contribution in [-0.4, -0.2) is 13.1 Å². The first-order valence-electron chi connectivity index (χ1n) is 6.71. The molecule has 5 nitrogen and oxygen atoms in total. The predicted molar refractivity (Wildman–Crippen MR) is 67.0 cm³/mol. The van der Waals surface area contributed by atoms with E-state index in [1.165, 1.54) is 57.8 Å². The Bertz CT molecular complexity index is 78.3. The standard InChI is InChI=1S/C11H27N5/c1-2-4-6-8-10-12-14-16-15-13-11-9-7-5-3-1/h12-16H,1-11H2. The molecule has 0 aromatic heterocycles. The zero-order valence-electron chi connectivity index (χ0n) is 10.3. The first-order chi connectivity index (χ1) is 8.00. The van der Waals surface area contributed by atoms with Crippen molar-refractivity contribution in [1.29, 1.82) is 0 Å². The minimum Gasteiger partial charge on any atom is -0.243 e. The van der Waals surface area contributed by atoms with Crippen LogP contribution in [0.2, 0.25) is 0 Å². The lowest BCUT2D eigenvalue weighted by Gasteiger charge is -2.11. The van der Waals surface area contributed by atoms with Gasteiger partial charge in [-0.1, -0.05) is 44.9 Å². The summed E-state index contributed by atoms with van der Waals surface area (Å²) < 4.78 is 0. The van der Waals surface area contributed by atoms with Crippen molar-refractivity contribution in [2.24, 2.45) is 0 Å². The highest BCUT2D eigenvalue weighted by Crippen LogP contribution is 2.09. The van der Waals surface area contributed by atoms with Crippen LogP contribution in [0.5, 0.6) is 0 Å². The summed E-state index contributed by atoms with van der Waals surface area (Å²) in [5.41, 5.74) is 14.8. The van der Waals surface area contributed by atoms with Crippen molar-refractivity contribution in [2.75, 3.05) is 13.1 Å². The molecule has 16 heavy (non-hydrogen) atoms. The molecule has 5 heteroatoms. The molecule has 5 N–H and O–H groups in total. The molecule has 96 valence electrons. The number of nitrogens with one attached hydrogen (secondary N) is 5. The molecular formula is C11H27N5. The third kappa shape index (κ3) is 9.06. The summed E-state index contributed by atoms with van der Waals surface area (Å²) in [7, 11) is 0. The van der Waals surface area contributed by atoms with Gasteiger partial charge in [0.05, 0.1) is 0 Å². The van der Waals surface area contributed by atoms with Gasteiger partial charge in [0.25, 0.3) is 0 Å². The van der Waals surface area contributed by atoms with Crippen molar-refractivity contribution >= 4 is 0 Å². The zero-order valence-corrected chi connectivity index (χ0v) is 10.3. The van der Waals surface area contributed by atoms with E-state index in [0.717, 1.165) is 13.1 Å². The van der Waals surface area contributed by atoms with Crippen LogP contribution in [0.4, 0.5) is 0 Å². The summed E-state index contributed by atoms with van der Waals surface area (Å²) in [4.78, 5) is 0. The van der Waals surface area contributed by atoms with Gasteiger partial charge in [-0.2, -0.15) is 16.6 Å². The van der Waals surface area contributed by atoms with Crippen molar-refractivity contribution in [1.82, 2.24) is 27.5 Å². The average molecular weight is 229 g/mol. The van der Waals surface area contributed by atoms with E-state index in [4.69, 9.17) is 0 Å². The molecule has 0 radical (unpaired) electrons. The number of rotatable bonds is 0. The quantitative estimate of drug-likeness (QED) is 0.431. The van der Waals surface area contributed by atoms with Gasteiger partial charge in [0.2, 0.25) is 0 Å². The topological polar surface area (TPSA) is 60.1 Å². The highest BCUT2D eigenvalue weighted by molar-refractivity contribution is 4.49. The molecule has 0 aromatic carbocycles. The normalized spacial score (nSPS) is 24.0. The summed E-state index contributed by atoms with van der Waals surface area (Å²) >= 11 is 0. The van der Waals surface area contributed by atoms with Crippen molar-refractivity contribution in [3.8, 4) is 0 Å². The Hall–Kier alpha value is -0.200. The zero-order chi connectivity index (χ0) is 11.3. The van der Waals surface area contributed by atoms with Crippen molar-refractivity contribution in [3.05, 3.63) is 0 Å². The van der Waals surface area contributed by atoms with Crippen LogP contribution in [0, 0.1) is 0 Å². The Morgan fingerprint density at radius 2 is 0.750 bits per heavy atom. The van der Waals surface area contributed by atoms with Crippen LogP contribution in [0.15, 0.2) is 0 Å². The average Bonchev–Trinajstić information content (AvgIpc) is 2.29. The SMILES string of the molecule is C1CCCCCNNNNNCCCCC1. The molecule has 1 saturated heterocycles. The fourth-order valence-corrected chi connectivity index (χ4v) is 1.91. The second-order valence-corrected chi connectivity index (χ2v) is 4.41. The van der Waals surface area contributed by atoms with E-state index in [2.05, 4.69) is 27.5 Å². The smallest absolute Gasteiger partial charge is 0.0113 e. The third-order valence-corrected chi connectivity index (χ3v) is 2.91. The number of hydrogen-bond donors (Lipinski definition) is 5. The molecular weight excluding hydrogens is 202 g/mol. The predicted octanol–water partition coefficient (Wildman–Crippen LogP) is 1.12. The molecule has 1 fully saturated rings. The highest BCUT2D eigenvalue weighted by atomic mass is 15.8. The molecule has 1 heterocycles. The van der Waals surface area contributed by atoms with Crippen molar-refractivity contribution in [2.45, 2.75) is 57.8 Å². The molecule has 0 aromatic rings. The minimum atomic E-state index is 1.01. The second-order valence-electron chi connectivity index (χ2n) is 4.41. The van der Waals surface area contributed by atoms with E-state index >= 15 is 0 Å². The lowest BCUT2D eigenvalue weighted by atomic mass is 10.1. The summed E-state index contributed by atoms with van der Waals surface area (Å²) in [6, 6.07) is 0. The van der Waals surface area contributed by atoms with Crippen molar-refractivity contribution in [3.63, 3.8) is 0 Å². The Balaban J connectivity index is 2.00. The molecule has 0 bridgehead atoms. The van der Waals surface area contributed by atoms with E-state index in [0.29, 0.717) is 0 Å².